The van der Waals surface area contributed by atoms with Crippen LogP contribution in [0.4, 0.5) is 0 Å². The molecule has 0 saturated carbocycles. The molecule has 0 spiro atoms. The first kappa shape index (κ1) is 16.8. The van der Waals surface area contributed by atoms with Gasteiger partial charge in [-0.1, -0.05) is 6.07 Å². The van der Waals surface area contributed by atoms with E-state index in [9.17, 15) is 9.59 Å². The molecule has 0 radical (unpaired) electrons. The Hall–Kier alpha value is -2.24. The van der Waals surface area contributed by atoms with E-state index in [1.807, 2.05) is 0 Å². The molecule has 0 bridgehead atoms. The summed E-state index contributed by atoms with van der Waals surface area (Å²) < 4.78 is 20.2. The summed E-state index contributed by atoms with van der Waals surface area (Å²) in [7, 11) is 2.98. The predicted octanol–water partition coefficient (Wildman–Crippen LogP) is 1.91. The zero-order valence-corrected chi connectivity index (χ0v) is 12.7. The summed E-state index contributed by atoms with van der Waals surface area (Å²) in [6, 6.07) is 4.80. The van der Waals surface area contributed by atoms with Crippen molar-refractivity contribution in [3.8, 4) is 11.5 Å². The molecule has 0 aromatic heterocycles. The van der Waals surface area contributed by atoms with Crippen molar-refractivity contribution in [2.75, 3.05) is 27.4 Å². The molecule has 6 heteroatoms. The first-order valence-corrected chi connectivity index (χ1v) is 6.64. The summed E-state index contributed by atoms with van der Waals surface area (Å²) in [6.07, 6.45) is 0. The third-order valence-corrected chi connectivity index (χ3v) is 2.79. The summed E-state index contributed by atoms with van der Waals surface area (Å²) in [5, 5.41) is 0. The molecular weight excluding hydrogens is 276 g/mol. The van der Waals surface area contributed by atoms with Gasteiger partial charge in [0.2, 0.25) is 0 Å². The standard InChI is InChI=1S/C15H20O6/c1-5-20-14(16)13(15(17)21-6-2)10-7-8-11(18-3)12(9-10)19-4/h7-9,13H,5-6H2,1-4H3. The summed E-state index contributed by atoms with van der Waals surface area (Å²) in [6.45, 7) is 3.72. The quantitative estimate of drug-likeness (QED) is 0.565. The number of ether oxygens (including phenoxy) is 4. The van der Waals surface area contributed by atoms with Crippen LogP contribution in [0.25, 0.3) is 0 Å². The highest BCUT2D eigenvalue weighted by Gasteiger charge is 2.32. The maximum Gasteiger partial charge on any atom is 0.324 e. The number of carbonyl (C=O) groups is 2. The van der Waals surface area contributed by atoms with Crippen LogP contribution >= 0.6 is 0 Å². The van der Waals surface area contributed by atoms with Crippen molar-refractivity contribution in [2.24, 2.45) is 0 Å². The van der Waals surface area contributed by atoms with Crippen molar-refractivity contribution < 1.29 is 28.5 Å². The molecule has 1 aromatic carbocycles. The van der Waals surface area contributed by atoms with Gasteiger partial charge in [-0.2, -0.15) is 0 Å². The SMILES string of the molecule is CCOC(=O)C(C(=O)OCC)c1ccc(OC)c(OC)c1. The van der Waals surface area contributed by atoms with Gasteiger partial charge in [0.05, 0.1) is 27.4 Å². The van der Waals surface area contributed by atoms with Gasteiger partial charge in [-0.05, 0) is 31.5 Å². The molecule has 1 aromatic rings. The fourth-order valence-electron chi connectivity index (χ4n) is 1.85. The Morgan fingerprint density at radius 1 is 0.952 bits per heavy atom. The molecule has 0 aliphatic heterocycles. The molecule has 6 nitrogen and oxygen atoms in total. The van der Waals surface area contributed by atoms with Crippen molar-refractivity contribution in [2.45, 2.75) is 19.8 Å². The van der Waals surface area contributed by atoms with Crippen molar-refractivity contribution in [3.63, 3.8) is 0 Å². The van der Waals surface area contributed by atoms with Crippen LogP contribution in [0.5, 0.6) is 11.5 Å². The van der Waals surface area contributed by atoms with Gasteiger partial charge in [-0.25, -0.2) is 0 Å². The monoisotopic (exact) mass is 296 g/mol. The molecule has 0 aliphatic rings. The molecule has 0 amide bonds. The lowest BCUT2D eigenvalue weighted by Crippen LogP contribution is -2.26. The molecule has 1 rings (SSSR count). The van der Waals surface area contributed by atoms with E-state index >= 15 is 0 Å². The highest BCUT2D eigenvalue weighted by molar-refractivity contribution is 6.01. The Balaban J connectivity index is 3.19. The van der Waals surface area contributed by atoms with Gasteiger partial charge in [0, 0.05) is 0 Å². The van der Waals surface area contributed by atoms with Crippen molar-refractivity contribution in [1.82, 2.24) is 0 Å². The predicted molar refractivity (Wildman–Crippen MR) is 75.6 cm³/mol. The Morgan fingerprint density at radius 2 is 1.48 bits per heavy atom. The van der Waals surface area contributed by atoms with Crippen LogP contribution in [-0.4, -0.2) is 39.4 Å². The Kier molecular flexibility index (Phi) is 6.52. The van der Waals surface area contributed by atoms with Crippen molar-refractivity contribution in [3.05, 3.63) is 23.8 Å². The number of esters is 2. The maximum absolute atomic E-state index is 12.0. The lowest BCUT2D eigenvalue weighted by Gasteiger charge is -2.16. The molecule has 0 heterocycles. The molecule has 0 atom stereocenters. The summed E-state index contributed by atoms with van der Waals surface area (Å²) in [4.78, 5) is 24.0. The van der Waals surface area contributed by atoms with Gasteiger partial charge >= 0.3 is 11.9 Å². The lowest BCUT2D eigenvalue weighted by atomic mass is 9.98. The first-order chi connectivity index (χ1) is 10.1. The molecule has 0 aliphatic carbocycles. The van der Waals surface area contributed by atoms with E-state index < -0.39 is 17.9 Å². The minimum Gasteiger partial charge on any atom is -0.493 e. The molecule has 0 N–H and O–H groups in total. The van der Waals surface area contributed by atoms with E-state index in [1.54, 1.807) is 32.0 Å². The zero-order valence-electron chi connectivity index (χ0n) is 12.7. The van der Waals surface area contributed by atoms with Gasteiger partial charge < -0.3 is 18.9 Å². The molecule has 0 unspecified atom stereocenters. The second kappa shape index (κ2) is 8.14. The van der Waals surface area contributed by atoms with Crippen LogP contribution < -0.4 is 9.47 Å². The van der Waals surface area contributed by atoms with Crippen LogP contribution in [-0.2, 0) is 19.1 Å². The lowest BCUT2D eigenvalue weighted by molar-refractivity contribution is -0.156. The van der Waals surface area contributed by atoms with Crippen LogP contribution in [0.1, 0.15) is 25.3 Å². The second-order valence-electron chi connectivity index (χ2n) is 4.05. The fourth-order valence-corrected chi connectivity index (χ4v) is 1.85. The number of methoxy groups -OCH3 is 2. The van der Waals surface area contributed by atoms with E-state index in [-0.39, 0.29) is 13.2 Å². The average Bonchev–Trinajstić information content (AvgIpc) is 2.47. The summed E-state index contributed by atoms with van der Waals surface area (Å²) >= 11 is 0. The molecule has 21 heavy (non-hydrogen) atoms. The topological polar surface area (TPSA) is 71.1 Å². The number of benzene rings is 1. The number of hydrogen-bond acceptors (Lipinski definition) is 6. The highest BCUT2D eigenvalue weighted by atomic mass is 16.6. The van der Waals surface area contributed by atoms with Crippen LogP contribution in [0.2, 0.25) is 0 Å². The fraction of sp³-hybridized carbons (Fsp3) is 0.467. The minimum atomic E-state index is -1.13. The number of hydrogen-bond donors (Lipinski definition) is 0. The average molecular weight is 296 g/mol. The van der Waals surface area contributed by atoms with E-state index in [2.05, 4.69) is 0 Å². The van der Waals surface area contributed by atoms with Gasteiger partial charge in [0.1, 0.15) is 0 Å². The number of carbonyl (C=O) groups excluding carboxylic acids is 2. The van der Waals surface area contributed by atoms with Gasteiger partial charge in [-0.15, -0.1) is 0 Å². The zero-order chi connectivity index (χ0) is 15.8. The van der Waals surface area contributed by atoms with Crippen LogP contribution in [0.3, 0.4) is 0 Å². The largest absolute Gasteiger partial charge is 0.493 e. The Bertz CT molecular complexity index is 479. The summed E-state index contributed by atoms with van der Waals surface area (Å²) in [5.74, 6) is -1.50. The maximum atomic E-state index is 12.0. The molecule has 0 fully saturated rings. The van der Waals surface area contributed by atoms with E-state index in [0.717, 1.165) is 0 Å². The molecular formula is C15H20O6. The van der Waals surface area contributed by atoms with Gasteiger partial charge in [-0.3, -0.25) is 9.59 Å². The van der Waals surface area contributed by atoms with Crippen LogP contribution in [0, 0.1) is 0 Å². The third kappa shape index (κ3) is 4.11. The normalized spacial score (nSPS) is 10.1. The van der Waals surface area contributed by atoms with Crippen molar-refractivity contribution in [1.29, 1.82) is 0 Å². The van der Waals surface area contributed by atoms with E-state index in [4.69, 9.17) is 18.9 Å². The van der Waals surface area contributed by atoms with E-state index in [0.29, 0.717) is 17.1 Å². The summed E-state index contributed by atoms with van der Waals surface area (Å²) in [5.41, 5.74) is 0.435. The third-order valence-electron chi connectivity index (χ3n) is 2.79. The molecule has 0 saturated heterocycles. The van der Waals surface area contributed by atoms with Gasteiger partial charge in [0.15, 0.2) is 17.4 Å². The van der Waals surface area contributed by atoms with Crippen molar-refractivity contribution >= 4 is 11.9 Å². The minimum absolute atomic E-state index is 0.183. The van der Waals surface area contributed by atoms with Gasteiger partial charge in [0.25, 0.3) is 0 Å². The smallest absolute Gasteiger partial charge is 0.324 e. The van der Waals surface area contributed by atoms with Crippen LogP contribution in [0.15, 0.2) is 18.2 Å². The van der Waals surface area contributed by atoms with E-state index in [1.165, 1.54) is 14.2 Å². The Labute approximate surface area is 123 Å². The highest BCUT2D eigenvalue weighted by Crippen LogP contribution is 2.31. The Morgan fingerprint density at radius 3 is 1.90 bits per heavy atom. The number of rotatable bonds is 7. The second-order valence-corrected chi connectivity index (χ2v) is 4.05. The molecule has 116 valence electrons. The first-order valence-electron chi connectivity index (χ1n) is 6.64.